The second kappa shape index (κ2) is 9.23. The minimum atomic E-state index is -0.370. The molecule has 9 nitrogen and oxygen atoms in total. The molecule has 0 radical (unpaired) electrons. The monoisotopic (exact) mass is 492 g/mol. The first-order valence-electron chi connectivity index (χ1n) is 11.8. The third kappa shape index (κ3) is 4.18. The van der Waals surface area contributed by atoms with Crippen LogP contribution in [-0.2, 0) is 4.79 Å². The Morgan fingerprint density at radius 3 is 2.73 bits per heavy atom. The van der Waals surface area contributed by atoms with Crippen LogP contribution in [0.25, 0.3) is 56.1 Å². The number of amides is 1. The number of pyridine rings is 3. The van der Waals surface area contributed by atoms with E-state index >= 15 is 0 Å². The lowest BCUT2D eigenvalue weighted by molar-refractivity contribution is -0.116. The van der Waals surface area contributed by atoms with E-state index in [4.69, 9.17) is 9.97 Å². The van der Waals surface area contributed by atoms with Crippen molar-refractivity contribution < 1.29 is 9.18 Å². The van der Waals surface area contributed by atoms with Crippen molar-refractivity contribution in [3.63, 3.8) is 0 Å². The van der Waals surface area contributed by atoms with E-state index in [0.29, 0.717) is 57.1 Å². The maximum absolute atomic E-state index is 14.5. The molecule has 0 saturated heterocycles. The van der Waals surface area contributed by atoms with Gasteiger partial charge in [0.2, 0.25) is 5.91 Å². The molecule has 0 bridgehead atoms. The molecule has 1 amide bonds. The molecule has 6 aromatic rings. The molecular weight excluding hydrogens is 471 g/mol. The summed E-state index contributed by atoms with van der Waals surface area (Å²) in [7, 11) is 0. The van der Waals surface area contributed by atoms with E-state index in [2.05, 4.69) is 30.5 Å². The standard InChI is InChI=1S/C27H21FN8O/c1-2-5-22(37)31-16-12-15(13-29-14-16)19-8-9-21-25(32-19)26(36-35-21)27-33-20-10-11-30-23(24(20)34-27)17-6-3-4-7-18(17)28/h3-4,6-14H,2,5H2,1H3,(H,31,37)(H,33,34)(H,35,36). The zero-order valence-electron chi connectivity index (χ0n) is 19.8. The third-order valence-corrected chi connectivity index (χ3v) is 5.96. The largest absolute Gasteiger partial charge is 0.336 e. The Morgan fingerprint density at radius 2 is 1.86 bits per heavy atom. The molecule has 0 spiro atoms. The second-order valence-electron chi connectivity index (χ2n) is 8.55. The van der Waals surface area contributed by atoms with Gasteiger partial charge in [-0.05, 0) is 42.8 Å². The van der Waals surface area contributed by atoms with Gasteiger partial charge in [0.05, 0.1) is 28.6 Å². The molecule has 5 heterocycles. The van der Waals surface area contributed by atoms with Crippen molar-refractivity contribution in [3.8, 4) is 34.0 Å². The summed E-state index contributed by atoms with van der Waals surface area (Å²) in [5.74, 6) is 0.0524. The average molecular weight is 493 g/mol. The van der Waals surface area contributed by atoms with Gasteiger partial charge in [0.15, 0.2) is 11.5 Å². The van der Waals surface area contributed by atoms with Crippen molar-refractivity contribution in [1.29, 1.82) is 0 Å². The lowest BCUT2D eigenvalue weighted by Gasteiger charge is -2.06. The van der Waals surface area contributed by atoms with Crippen LogP contribution in [0, 0.1) is 5.82 Å². The maximum atomic E-state index is 14.5. The zero-order chi connectivity index (χ0) is 25.4. The molecule has 0 aliphatic rings. The predicted molar refractivity (Wildman–Crippen MR) is 139 cm³/mol. The maximum Gasteiger partial charge on any atom is 0.224 e. The van der Waals surface area contributed by atoms with E-state index < -0.39 is 0 Å². The third-order valence-electron chi connectivity index (χ3n) is 5.96. The van der Waals surface area contributed by atoms with Gasteiger partial charge in [0, 0.05) is 29.9 Å². The Bertz CT molecular complexity index is 1770. The number of H-pyrrole nitrogens is 2. The number of imidazole rings is 1. The van der Waals surface area contributed by atoms with Crippen LogP contribution in [0.3, 0.4) is 0 Å². The van der Waals surface area contributed by atoms with Crippen molar-refractivity contribution in [3.05, 3.63) is 72.9 Å². The first kappa shape index (κ1) is 22.5. The van der Waals surface area contributed by atoms with Gasteiger partial charge in [-0.3, -0.25) is 19.9 Å². The molecule has 37 heavy (non-hydrogen) atoms. The van der Waals surface area contributed by atoms with E-state index in [0.717, 1.165) is 17.5 Å². The molecule has 182 valence electrons. The van der Waals surface area contributed by atoms with Crippen LogP contribution in [0.4, 0.5) is 10.1 Å². The molecule has 0 aliphatic heterocycles. The number of hydrogen-bond acceptors (Lipinski definition) is 6. The van der Waals surface area contributed by atoms with E-state index in [1.807, 2.05) is 25.1 Å². The Balaban J connectivity index is 1.41. The molecular formula is C27H21FN8O. The Labute approximate surface area is 210 Å². The first-order valence-corrected chi connectivity index (χ1v) is 11.8. The van der Waals surface area contributed by atoms with Crippen molar-refractivity contribution in [2.24, 2.45) is 0 Å². The van der Waals surface area contributed by atoms with E-state index in [-0.39, 0.29) is 11.7 Å². The highest BCUT2D eigenvalue weighted by Gasteiger charge is 2.18. The van der Waals surface area contributed by atoms with Crippen LogP contribution >= 0.6 is 0 Å². The van der Waals surface area contributed by atoms with E-state index in [9.17, 15) is 9.18 Å². The smallest absolute Gasteiger partial charge is 0.224 e. The minimum Gasteiger partial charge on any atom is -0.336 e. The summed E-state index contributed by atoms with van der Waals surface area (Å²) in [4.78, 5) is 33.5. The number of halogens is 1. The summed E-state index contributed by atoms with van der Waals surface area (Å²) in [6.07, 6.45) is 6.12. The van der Waals surface area contributed by atoms with E-state index in [1.165, 1.54) is 6.07 Å². The van der Waals surface area contributed by atoms with Crippen LogP contribution in [0.5, 0.6) is 0 Å². The number of fused-ring (bicyclic) bond motifs is 2. The lowest BCUT2D eigenvalue weighted by Crippen LogP contribution is -2.10. The fraction of sp³-hybridized carbons (Fsp3) is 0.111. The Kier molecular flexibility index (Phi) is 5.61. The highest BCUT2D eigenvalue weighted by Crippen LogP contribution is 2.31. The van der Waals surface area contributed by atoms with Crippen LogP contribution in [-0.4, -0.2) is 41.0 Å². The van der Waals surface area contributed by atoms with Gasteiger partial charge in [0.25, 0.3) is 0 Å². The number of nitrogens with zero attached hydrogens (tertiary/aromatic N) is 5. The number of benzene rings is 1. The lowest BCUT2D eigenvalue weighted by atomic mass is 10.1. The highest BCUT2D eigenvalue weighted by molar-refractivity contribution is 5.95. The second-order valence-corrected chi connectivity index (χ2v) is 8.55. The van der Waals surface area contributed by atoms with Crippen molar-refractivity contribution >= 4 is 33.7 Å². The summed E-state index contributed by atoms with van der Waals surface area (Å²) >= 11 is 0. The SMILES string of the molecule is CCCC(=O)Nc1cncc(-c2ccc3[nH]nc(-c4nc5c(-c6ccccc6F)nccc5[nH]4)c3n2)c1. The van der Waals surface area contributed by atoms with Crippen molar-refractivity contribution in [1.82, 2.24) is 35.1 Å². The summed E-state index contributed by atoms with van der Waals surface area (Å²) in [6, 6.07) is 13.8. The molecule has 1 aromatic carbocycles. The molecule has 0 fully saturated rings. The first-order chi connectivity index (χ1) is 18.1. The molecule has 0 unspecified atom stereocenters. The number of anilines is 1. The number of aromatic nitrogens is 7. The molecule has 3 N–H and O–H groups in total. The van der Waals surface area contributed by atoms with Gasteiger partial charge < -0.3 is 10.3 Å². The number of rotatable bonds is 6. The Hall–Kier alpha value is -4.99. The average Bonchev–Trinajstić information content (AvgIpc) is 3.53. The quantitative estimate of drug-likeness (QED) is 0.282. The molecule has 5 aromatic heterocycles. The van der Waals surface area contributed by atoms with Crippen molar-refractivity contribution in [2.75, 3.05) is 5.32 Å². The van der Waals surface area contributed by atoms with Gasteiger partial charge in [-0.1, -0.05) is 19.1 Å². The summed E-state index contributed by atoms with van der Waals surface area (Å²) in [5.41, 5.74) is 5.94. The van der Waals surface area contributed by atoms with Gasteiger partial charge >= 0.3 is 0 Å². The van der Waals surface area contributed by atoms with E-state index in [1.54, 1.807) is 42.9 Å². The fourth-order valence-electron chi connectivity index (χ4n) is 4.22. The van der Waals surface area contributed by atoms with Crippen LogP contribution in [0.15, 0.2) is 67.1 Å². The fourth-order valence-corrected chi connectivity index (χ4v) is 4.22. The highest BCUT2D eigenvalue weighted by atomic mass is 19.1. The van der Waals surface area contributed by atoms with Crippen LogP contribution < -0.4 is 5.32 Å². The topological polar surface area (TPSA) is 125 Å². The van der Waals surface area contributed by atoms with Gasteiger partial charge in [0.1, 0.15) is 22.5 Å². The van der Waals surface area contributed by atoms with Gasteiger partial charge in [-0.2, -0.15) is 5.10 Å². The minimum absolute atomic E-state index is 0.0592. The van der Waals surface area contributed by atoms with Gasteiger partial charge in [-0.15, -0.1) is 0 Å². The zero-order valence-corrected chi connectivity index (χ0v) is 19.8. The predicted octanol–water partition coefficient (Wildman–Crippen LogP) is 5.50. The number of carbonyl (C=O) groups excluding carboxylic acids is 1. The Morgan fingerprint density at radius 1 is 1.00 bits per heavy atom. The number of nitrogens with one attached hydrogen (secondary N) is 3. The summed E-state index contributed by atoms with van der Waals surface area (Å²) in [6.45, 7) is 1.95. The number of carbonyl (C=O) groups is 1. The summed E-state index contributed by atoms with van der Waals surface area (Å²) < 4.78 is 14.5. The number of aromatic amines is 2. The van der Waals surface area contributed by atoms with Gasteiger partial charge in [-0.25, -0.2) is 14.4 Å². The van der Waals surface area contributed by atoms with Crippen LogP contribution in [0.1, 0.15) is 19.8 Å². The normalized spacial score (nSPS) is 11.3. The molecule has 0 aliphatic carbocycles. The molecule has 0 atom stereocenters. The number of hydrogen-bond donors (Lipinski definition) is 3. The summed E-state index contributed by atoms with van der Waals surface area (Å²) in [5, 5.41) is 10.3. The molecule has 0 saturated carbocycles. The van der Waals surface area contributed by atoms with Crippen molar-refractivity contribution in [2.45, 2.75) is 19.8 Å². The molecule has 10 heteroatoms. The molecule has 6 rings (SSSR count). The van der Waals surface area contributed by atoms with Crippen LogP contribution in [0.2, 0.25) is 0 Å².